The summed E-state index contributed by atoms with van der Waals surface area (Å²) in [6.07, 6.45) is 3.57. The summed E-state index contributed by atoms with van der Waals surface area (Å²) in [5.74, 6) is -0.184. The largest absolute Gasteiger partial charge is 0.468 e. The molecule has 1 atom stereocenters. The number of carbonyl (C=O) groups excluding carboxylic acids is 1. The summed E-state index contributed by atoms with van der Waals surface area (Å²) in [6.45, 7) is 8.34. The van der Waals surface area contributed by atoms with Crippen molar-refractivity contribution >= 4 is 5.97 Å². The molecule has 17 heavy (non-hydrogen) atoms. The number of rotatable bonds is 4. The van der Waals surface area contributed by atoms with Crippen molar-refractivity contribution in [3.8, 4) is 0 Å². The smallest absolute Gasteiger partial charge is 0.325 e. The quantitative estimate of drug-likeness (QED) is 0.706. The lowest BCUT2D eigenvalue weighted by Crippen LogP contribution is -2.48. The van der Waals surface area contributed by atoms with Crippen LogP contribution in [-0.2, 0) is 14.3 Å². The molecule has 0 unspecified atom stereocenters. The average Bonchev–Trinajstić information content (AvgIpc) is 2.29. The van der Waals surface area contributed by atoms with Crippen molar-refractivity contribution in [2.75, 3.05) is 26.8 Å². The Kier molecular flexibility index (Phi) is 5.40. The second-order valence-electron chi connectivity index (χ2n) is 5.56. The van der Waals surface area contributed by atoms with E-state index >= 15 is 0 Å². The standard InChI is InChI=1S/C13H25NO3/c1-13(2,3)17-10-11(12(15)16-4)14-8-6-5-7-9-14/h11H,5-10H2,1-4H3/t11-/m0/s1. The van der Waals surface area contributed by atoms with E-state index in [0.717, 1.165) is 25.9 Å². The van der Waals surface area contributed by atoms with E-state index in [0.29, 0.717) is 6.61 Å². The Hall–Kier alpha value is -0.610. The third-order valence-electron chi connectivity index (χ3n) is 2.98. The number of likely N-dealkylation sites (tertiary alicyclic amines) is 1. The van der Waals surface area contributed by atoms with E-state index < -0.39 is 0 Å². The van der Waals surface area contributed by atoms with E-state index in [4.69, 9.17) is 9.47 Å². The lowest BCUT2D eigenvalue weighted by Gasteiger charge is -2.34. The van der Waals surface area contributed by atoms with Gasteiger partial charge in [0, 0.05) is 0 Å². The number of hydrogen-bond donors (Lipinski definition) is 0. The molecule has 1 aliphatic heterocycles. The SMILES string of the molecule is COC(=O)[C@H](COC(C)(C)C)N1CCCCC1. The van der Waals surface area contributed by atoms with Gasteiger partial charge in [-0.05, 0) is 46.7 Å². The summed E-state index contributed by atoms with van der Waals surface area (Å²) in [5, 5.41) is 0. The van der Waals surface area contributed by atoms with Gasteiger partial charge in [0.1, 0.15) is 6.04 Å². The van der Waals surface area contributed by atoms with E-state index in [1.54, 1.807) is 0 Å². The summed E-state index contributed by atoms with van der Waals surface area (Å²) < 4.78 is 10.6. The zero-order valence-electron chi connectivity index (χ0n) is 11.5. The zero-order chi connectivity index (χ0) is 12.9. The van der Waals surface area contributed by atoms with Crippen LogP contribution in [0, 0.1) is 0 Å². The van der Waals surface area contributed by atoms with Crippen molar-refractivity contribution in [1.29, 1.82) is 0 Å². The predicted molar refractivity (Wildman–Crippen MR) is 66.9 cm³/mol. The van der Waals surface area contributed by atoms with Crippen molar-refractivity contribution in [2.24, 2.45) is 0 Å². The molecule has 0 aromatic rings. The second-order valence-corrected chi connectivity index (χ2v) is 5.56. The molecule has 0 radical (unpaired) electrons. The Morgan fingerprint density at radius 1 is 1.24 bits per heavy atom. The molecule has 0 aliphatic carbocycles. The van der Waals surface area contributed by atoms with Crippen molar-refractivity contribution in [3.63, 3.8) is 0 Å². The van der Waals surface area contributed by atoms with Crippen molar-refractivity contribution < 1.29 is 14.3 Å². The zero-order valence-corrected chi connectivity index (χ0v) is 11.5. The van der Waals surface area contributed by atoms with Crippen LogP contribution < -0.4 is 0 Å². The molecule has 100 valence electrons. The number of methoxy groups -OCH3 is 1. The molecule has 1 heterocycles. The first-order valence-corrected chi connectivity index (χ1v) is 6.40. The minimum Gasteiger partial charge on any atom is -0.468 e. The molecule has 0 spiro atoms. The third-order valence-corrected chi connectivity index (χ3v) is 2.98. The fourth-order valence-corrected chi connectivity index (χ4v) is 2.02. The Bertz CT molecular complexity index is 242. The van der Waals surface area contributed by atoms with Crippen LogP contribution in [-0.4, -0.2) is 49.3 Å². The molecule has 4 nitrogen and oxygen atoms in total. The third kappa shape index (κ3) is 5.04. The molecule has 1 saturated heterocycles. The van der Waals surface area contributed by atoms with Gasteiger partial charge >= 0.3 is 5.97 Å². The molecular formula is C13H25NO3. The topological polar surface area (TPSA) is 38.8 Å². The van der Waals surface area contributed by atoms with Crippen LogP contribution in [0.4, 0.5) is 0 Å². The molecule has 0 amide bonds. The van der Waals surface area contributed by atoms with Crippen LogP contribution in [0.1, 0.15) is 40.0 Å². The molecule has 0 aromatic heterocycles. The molecule has 0 saturated carbocycles. The van der Waals surface area contributed by atoms with Crippen LogP contribution >= 0.6 is 0 Å². The first-order valence-electron chi connectivity index (χ1n) is 6.40. The highest BCUT2D eigenvalue weighted by Gasteiger charge is 2.29. The predicted octanol–water partition coefficient (Wildman–Crippen LogP) is 1.83. The fraction of sp³-hybridized carbons (Fsp3) is 0.923. The van der Waals surface area contributed by atoms with E-state index in [9.17, 15) is 4.79 Å². The van der Waals surface area contributed by atoms with Gasteiger partial charge in [-0.2, -0.15) is 0 Å². The summed E-state index contributed by atoms with van der Waals surface area (Å²) in [4.78, 5) is 14.0. The summed E-state index contributed by atoms with van der Waals surface area (Å²) in [5.41, 5.74) is -0.220. The molecule has 4 heteroatoms. The Morgan fingerprint density at radius 3 is 2.29 bits per heavy atom. The van der Waals surface area contributed by atoms with Gasteiger partial charge in [-0.3, -0.25) is 9.69 Å². The van der Waals surface area contributed by atoms with Crippen LogP contribution in [0.15, 0.2) is 0 Å². The maximum Gasteiger partial charge on any atom is 0.325 e. The van der Waals surface area contributed by atoms with Gasteiger partial charge in [0.2, 0.25) is 0 Å². The van der Waals surface area contributed by atoms with Gasteiger partial charge in [-0.15, -0.1) is 0 Å². The van der Waals surface area contributed by atoms with Crippen molar-refractivity contribution in [2.45, 2.75) is 51.7 Å². The Balaban J connectivity index is 2.56. The molecule has 0 bridgehead atoms. The molecule has 0 N–H and O–H groups in total. The first kappa shape index (κ1) is 14.5. The molecule has 1 fully saturated rings. The average molecular weight is 243 g/mol. The monoisotopic (exact) mass is 243 g/mol. The van der Waals surface area contributed by atoms with Crippen molar-refractivity contribution in [3.05, 3.63) is 0 Å². The molecule has 0 aromatic carbocycles. The van der Waals surface area contributed by atoms with Gasteiger partial charge in [0.05, 0.1) is 19.3 Å². The van der Waals surface area contributed by atoms with E-state index in [2.05, 4.69) is 4.90 Å². The highest BCUT2D eigenvalue weighted by Crippen LogP contribution is 2.16. The fourth-order valence-electron chi connectivity index (χ4n) is 2.02. The maximum absolute atomic E-state index is 11.8. The minimum absolute atomic E-state index is 0.184. The van der Waals surface area contributed by atoms with Crippen LogP contribution in [0.25, 0.3) is 0 Å². The van der Waals surface area contributed by atoms with E-state index in [1.807, 2.05) is 20.8 Å². The lowest BCUT2D eigenvalue weighted by atomic mass is 10.1. The van der Waals surface area contributed by atoms with Gasteiger partial charge < -0.3 is 9.47 Å². The van der Waals surface area contributed by atoms with Crippen LogP contribution in [0.2, 0.25) is 0 Å². The minimum atomic E-state index is -0.250. The number of hydrogen-bond acceptors (Lipinski definition) is 4. The number of ether oxygens (including phenoxy) is 2. The number of nitrogens with zero attached hydrogens (tertiary/aromatic N) is 1. The van der Waals surface area contributed by atoms with Gasteiger partial charge in [0.15, 0.2) is 0 Å². The Morgan fingerprint density at radius 2 is 1.82 bits per heavy atom. The van der Waals surface area contributed by atoms with Crippen LogP contribution in [0.5, 0.6) is 0 Å². The molecule has 1 rings (SSSR count). The van der Waals surface area contributed by atoms with Gasteiger partial charge in [-0.1, -0.05) is 6.42 Å². The normalized spacial score (nSPS) is 20.0. The lowest BCUT2D eigenvalue weighted by molar-refractivity contribution is -0.152. The van der Waals surface area contributed by atoms with E-state index in [-0.39, 0.29) is 17.6 Å². The van der Waals surface area contributed by atoms with Crippen LogP contribution in [0.3, 0.4) is 0 Å². The maximum atomic E-state index is 11.8. The highest BCUT2D eigenvalue weighted by molar-refractivity contribution is 5.75. The summed E-state index contributed by atoms with van der Waals surface area (Å²) in [6, 6.07) is -0.250. The van der Waals surface area contributed by atoms with E-state index in [1.165, 1.54) is 13.5 Å². The van der Waals surface area contributed by atoms with Gasteiger partial charge in [0.25, 0.3) is 0 Å². The first-order chi connectivity index (χ1) is 7.94. The molecular weight excluding hydrogens is 218 g/mol. The van der Waals surface area contributed by atoms with Gasteiger partial charge in [-0.25, -0.2) is 0 Å². The number of esters is 1. The second kappa shape index (κ2) is 6.36. The molecule has 1 aliphatic rings. The number of carbonyl (C=O) groups is 1. The Labute approximate surface area is 104 Å². The number of piperidine rings is 1. The van der Waals surface area contributed by atoms with Crippen molar-refractivity contribution in [1.82, 2.24) is 4.90 Å². The summed E-state index contributed by atoms with van der Waals surface area (Å²) in [7, 11) is 1.44. The highest BCUT2D eigenvalue weighted by atomic mass is 16.5. The summed E-state index contributed by atoms with van der Waals surface area (Å²) >= 11 is 0.